The van der Waals surface area contributed by atoms with Crippen LogP contribution in [0.2, 0.25) is 0 Å². The summed E-state index contributed by atoms with van der Waals surface area (Å²) in [6.45, 7) is 0. The molecule has 5 rings (SSSR count). The molecule has 3 aromatic carbocycles. The van der Waals surface area contributed by atoms with Gasteiger partial charge in [-0.3, -0.25) is 9.59 Å². The Balaban J connectivity index is 1.60. The second-order valence-electron chi connectivity index (χ2n) is 7.13. The van der Waals surface area contributed by atoms with Gasteiger partial charge in [-0.1, -0.05) is 84.2 Å². The lowest BCUT2D eigenvalue weighted by molar-refractivity contribution is 0.0974. The number of carbonyl (C=O) groups excluding carboxylic acids is 2. The predicted octanol–water partition coefficient (Wildman–Crippen LogP) is 6.94. The van der Waals surface area contributed by atoms with Gasteiger partial charge < -0.3 is 0 Å². The molecule has 0 unspecified atom stereocenters. The van der Waals surface area contributed by atoms with Gasteiger partial charge in [-0.25, -0.2) is 0 Å². The summed E-state index contributed by atoms with van der Waals surface area (Å²) >= 11 is 3.12. The van der Waals surface area contributed by atoms with Crippen LogP contribution in [0.25, 0.3) is 0 Å². The Morgan fingerprint density at radius 2 is 1.33 bits per heavy atom. The number of hydrogen-bond donors (Lipinski definition) is 0. The van der Waals surface area contributed by atoms with E-state index in [2.05, 4.69) is 18.2 Å². The van der Waals surface area contributed by atoms with Crippen molar-refractivity contribution < 1.29 is 9.59 Å². The van der Waals surface area contributed by atoms with Gasteiger partial charge in [-0.05, 0) is 42.0 Å². The van der Waals surface area contributed by atoms with Gasteiger partial charge in [0.25, 0.3) is 0 Å². The van der Waals surface area contributed by atoms with Gasteiger partial charge in [0.15, 0.2) is 11.6 Å². The number of rotatable bonds is 4. The number of allylic oxidation sites excluding steroid dienone is 4. The van der Waals surface area contributed by atoms with Crippen molar-refractivity contribution in [2.24, 2.45) is 0 Å². The molecule has 0 aromatic heterocycles. The minimum absolute atomic E-state index is 0.0614. The standard InChI is InChI=1S/C26H18O2S2/c27-25-19-13-7-15-21(29-17-9-3-1-4-10-17)23(19)26(28)24-20(25)14-8-16-22(24)30-18-11-5-2-6-12-18/h1-5,7-11,13-16H,6,12H2. The first-order valence-corrected chi connectivity index (χ1v) is 11.5. The lowest BCUT2D eigenvalue weighted by Gasteiger charge is -2.22. The van der Waals surface area contributed by atoms with Crippen LogP contribution in [0.1, 0.15) is 44.7 Å². The van der Waals surface area contributed by atoms with E-state index in [1.165, 1.54) is 16.7 Å². The van der Waals surface area contributed by atoms with E-state index in [1.54, 1.807) is 23.9 Å². The topological polar surface area (TPSA) is 34.1 Å². The second kappa shape index (κ2) is 8.13. The zero-order valence-corrected chi connectivity index (χ0v) is 17.8. The summed E-state index contributed by atoms with van der Waals surface area (Å²) in [5.41, 5.74) is 2.06. The Hall–Kier alpha value is -2.82. The van der Waals surface area contributed by atoms with Gasteiger partial charge in [0.05, 0.1) is 0 Å². The molecule has 0 bridgehead atoms. The third kappa shape index (κ3) is 3.47. The van der Waals surface area contributed by atoms with E-state index in [-0.39, 0.29) is 11.6 Å². The molecule has 0 amide bonds. The number of benzene rings is 3. The van der Waals surface area contributed by atoms with Crippen LogP contribution < -0.4 is 0 Å². The molecule has 0 N–H and O–H groups in total. The summed E-state index contributed by atoms with van der Waals surface area (Å²) < 4.78 is 0. The average Bonchev–Trinajstić information content (AvgIpc) is 2.79. The maximum atomic E-state index is 13.7. The van der Waals surface area contributed by atoms with Crippen molar-refractivity contribution in [1.82, 2.24) is 0 Å². The lowest BCUT2D eigenvalue weighted by atomic mass is 9.84. The molecule has 0 atom stereocenters. The van der Waals surface area contributed by atoms with Crippen molar-refractivity contribution in [1.29, 1.82) is 0 Å². The summed E-state index contributed by atoms with van der Waals surface area (Å²) in [6, 6.07) is 21.1. The molecule has 0 saturated heterocycles. The van der Waals surface area contributed by atoms with Crippen LogP contribution in [0.15, 0.2) is 105 Å². The zero-order chi connectivity index (χ0) is 20.5. The molecular formula is C26H18O2S2. The van der Waals surface area contributed by atoms with Crippen molar-refractivity contribution in [3.63, 3.8) is 0 Å². The van der Waals surface area contributed by atoms with Crippen LogP contribution in [-0.4, -0.2) is 11.6 Å². The number of carbonyl (C=O) groups is 2. The van der Waals surface area contributed by atoms with Crippen LogP contribution in [0.3, 0.4) is 0 Å². The fourth-order valence-electron chi connectivity index (χ4n) is 3.77. The van der Waals surface area contributed by atoms with E-state index in [4.69, 9.17) is 0 Å². The van der Waals surface area contributed by atoms with Gasteiger partial charge in [0, 0.05) is 36.9 Å². The summed E-state index contributed by atoms with van der Waals surface area (Å²) in [5, 5.41) is 0. The van der Waals surface area contributed by atoms with Gasteiger partial charge >= 0.3 is 0 Å². The molecule has 2 aliphatic carbocycles. The maximum Gasteiger partial charge on any atom is 0.196 e. The van der Waals surface area contributed by atoms with Crippen LogP contribution in [0.5, 0.6) is 0 Å². The maximum absolute atomic E-state index is 13.7. The highest BCUT2D eigenvalue weighted by atomic mass is 32.2. The van der Waals surface area contributed by atoms with Crippen LogP contribution in [-0.2, 0) is 0 Å². The zero-order valence-electron chi connectivity index (χ0n) is 16.1. The van der Waals surface area contributed by atoms with Crippen LogP contribution in [0.4, 0.5) is 0 Å². The Labute approximate surface area is 184 Å². The number of thioether (sulfide) groups is 1. The molecule has 0 radical (unpaired) electrons. The smallest absolute Gasteiger partial charge is 0.196 e. The van der Waals surface area contributed by atoms with E-state index in [0.717, 1.165) is 27.5 Å². The minimum atomic E-state index is -0.0740. The van der Waals surface area contributed by atoms with E-state index in [1.807, 2.05) is 54.6 Å². The number of ketones is 2. The van der Waals surface area contributed by atoms with Crippen molar-refractivity contribution in [2.45, 2.75) is 27.5 Å². The number of fused-ring (bicyclic) bond motifs is 2. The van der Waals surface area contributed by atoms with Crippen molar-refractivity contribution in [2.75, 3.05) is 0 Å². The van der Waals surface area contributed by atoms with Crippen molar-refractivity contribution in [3.8, 4) is 0 Å². The third-order valence-corrected chi connectivity index (χ3v) is 7.41. The van der Waals surface area contributed by atoms with Crippen molar-refractivity contribution in [3.05, 3.63) is 112 Å². The second-order valence-corrected chi connectivity index (χ2v) is 9.42. The Bertz CT molecular complexity index is 1220. The van der Waals surface area contributed by atoms with Crippen LogP contribution >= 0.6 is 23.5 Å². The quantitative estimate of drug-likeness (QED) is 0.354. The summed E-state index contributed by atoms with van der Waals surface area (Å²) in [7, 11) is 0. The molecule has 2 nitrogen and oxygen atoms in total. The Morgan fingerprint density at radius 3 is 1.97 bits per heavy atom. The van der Waals surface area contributed by atoms with Gasteiger partial charge in [0.1, 0.15) is 0 Å². The summed E-state index contributed by atoms with van der Waals surface area (Å²) in [5.74, 6) is -0.135. The molecule has 3 aromatic rings. The lowest BCUT2D eigenvalue weighted by Crippen LogP contribution is -2.22. The molecule has 0 fully saturated rings. The molecule has 0 heterocycles. The fraction of sp³-hybridized carbons (Fsp3) is 0.0769. The Morgan fingerprint density at radius 1 is 0.667 bits per heavy atom. The SMILES string of the molecule is O=C1c2cccc(SC3=CC=CCC3)c2C(=O)c2c(Sc3ccccc3)cccc21. The first-order valence-electron chi connectivity index (χ1n) is 9.84. The average molecular weight is 427 g/mol. The largest absolute Gasteiger partial charge is 0.289 e. The normalized spacial score (nSPS) is 14.9. The summed E-state index contributed by atoms with van der Waals surface area (Å²) in [4.78, 5) is 31.0. The van der Waals surface area contributed by atoms with E-state index in [0.29, 0.717) is 22.3 Å². The third-order valence-electron chi connectivity index (χ3n) is 5.18. The molecule has 0 spiro atoms. The highest BCUT2D eigenvalue weighted by Crippen LogP contribution is 2.42. The Kier molecular flexibility index (Phi) is 5.19. The first kappa shape index (κ1) is 19.2. The van der Waals surface area contributed by atoms with E-state index < -0.39 is 0 Å². The molecule has 146 valence electrons. The van der Waals surface area contributed by atoms with Gasteiger partial charge in [-0.15, -0.1) is 0 Å². The van der Waals surface area contributed by atoms with E-state index >= 15 is 0 Å². The minimum Gasteiger partial charge on any atom is -0.289 e. The van der Waals surface area contributed by atoms with E-state index in [9.17, 15) is 9.59 Å². The molecule has 30 heavy (non-hydrogen) atoms. The first-order chi connectivity index (χ1) is 14.7. The molecule has 0 saturated carbocycles. The van der Waals surface area contributed by atoms with Crippen molar-refractivity contribution >= 4 is 35.1 Å². The molecule has 2 aliphatic rings. The fourth-order valence-corrected chi connectivity index (χ4v) is 5.87. The predicted molar refractivity (Wildman–Crippen MR) is 123 cm³/mol. The number of hydrogen-bond acceptors (Lipinski definition) is 4. The summed E-state index contributed by atoms with van der Waals surface area (Å²) in [6.07, 6.45) is 8.24. The molecule has 0 aliphatic heterocycles. The van der Waals surface area contributed by atoms with Gasteiger partial charge in [0.2, 0.25) is 0 Å². The highest BCUT2D eigenvalue weighted by Gasteiger charge is 2.33. The highest BCUT2D eigenvalue weighted by molar-refractivity contribution is 8.03. The molecular weight excluding hydrogens is 408 g/mol. The monoisotopic (exact) mass is 426 g/mol. The van der Waals surface area contributed by atoms with Crippen LogP contribution in [0, 0.1) is 0 Å². The molecule has 4 heteroatoms. The van der Waals surface area contributed by atoms with Gasteiger partial charge in [-0.2, -0.15) is 0 Å².